The van der Waals surface area contributed by atoms with Gasteiger partial charge in [-0.1, -0.05) is 60.7 Å². The zero-order chi connectivity index (χ0) is 34.0. The quantitative estimate of drug-likeness (QED) is 0.109. The molecule has 5 N–H and O–H groups in total. The molecule has 3 amide bonds. The molecule has 4 aliphatic rings. The summed E-state index contributed by atoms with van der Waals surface area (Å²) in [7, 11) is 0. The molecule has 0 saturated heterocycles. The molecular formula is C39H44N4O5S. The number of nitrogens with one attached hydrogen (secondary N) is 4. The van der Waals surface area contributed by atoms with Gasteiger partial charge in [-0.3, -0.25) is 9.59 Å². The Morgan fingerprint density at radius 2 is 1.59 bits per heavy atom. The number of carbonyl (C=O) groups is 3. The lowest BCUT2D eigenvalue weighted by molar-refractivity contribution is -0.128. The monoisotopic (exact) mass is 680 g/mol. The molecule has 0 radical (unpaired) electrons. The molecule has 0 spiro atoms. The van der Waals surface area contributed by atoms with Crippen molar-refractivity contribution in [3.05, 3.63) is 96.2 Å². The third-order valence-corrected chi connectivity index (χ3v) is 11.8. The number of carbonyl (C=O) groups excluding carboxylic acids is 3. The van der Waals surface area contributed by atoms with Crippen LogP contribution in [-0.2, 0) is 20.7 Å². The first-order chi connectivity index (χ1) is 23.7. The highest BCUT2D eigenvalue weighted by Gasteiger charge is 2.50. The molecule has 49 heavy (non-hydrogen) atoms. The fourth-order valence-electron chi connectivity index (χ4n) is 8.57. The van der Waals surface area contributed by atoms with Crippen molar-refractivity contribution in [3.8, 4) is 5.75 Å². The van der Waals surface area contributed by atoms with Crippen molar-refractivity contribution in [2.45, 2.75) is 68.0 Å². The highest BCUT2D eigenvalue weighted by molar-refractivity contribution is 8.00. The van der Waals surface area contributed by atoms with Crippen molar-refractivity contribution >= 4 is 40.6 Å². The minimum atomic E-state index is -1.35. The molecule has 4 aliphatic carbocycles. The third kappa shape index (κ3) is 7.44. The molecule has 1 aromatic heterocycles. The number of aromatic hydroxyl groups is 1. The van der Waals surface area contributed by atoms with Gasteiger partial charge in [-0.25, -0.2) is 4.79 Å². The number of rotatable bonds is 12. The van der Waals surface area contributed by atoms with Crippen LogP contribution in [-0.4, -0.2) is 51.9 Å². The molecule has 3 aromatic carbocycles. The Balaban J connectivity index is 1.06. The summed E-state index contributed by atoms with van der Waals surface area (Å²) in [5, 5.41) is 20.2. The number of amides is 3. The Hall–Kier alpha value is -4.44. The van der Waals surface area contributed by atoms with Crippen LogP contribution in [0.3, 0.4) is 0 Å². The smallest absolute Gasteiger partial charge is 0.408 e. The second-order valence-corrected chi connectivity index (χ2v) is 15.3. The first-order valence-corrected chi connectivity index (χ1v) is 18.3. The number of ether oxygens (including phenoxy) is 1. The maximum absolute atomic E-state index is 14.2. The molecule has 0 aliphatic heterocycles. The van der Waals surface area contributed by atoms with E-state index in [-0.39, 0.29) is 42.4 Å². The fourth-order valence-corrected chi connectivity index (χ4v) is 9.33. The molecule has 10 heteroatoms. The van der Waals surface area contributed by atoms with E-state index in [0.29, 0.717) is 16.7 Å². The Bertz CT molecular complexity index is 1780. The Labute approximate surface area is 291 Å². The lowest BCUT2D eigenvalue weighted by atomic mass is 9.55. The van der Waals surface area contributed by atoms with E-state index in [2.05, 4.69) is 20.9 Å². The predicted molar refractivity (Wildman–Crippen MR) is 190 cm³/mol. The number of aromatic amines is 1. The van der Waals surface area contributed by atoms with Crippen LogP contribution >= 0.6 is 11.8 Å². The third-order valence-electron chi connectivity index (χ3n) is 10.7. The van der Waals surface area contributed by atoms with Crippen molar-refractivity contribution in [1.82, 2.24) is 20.9 Å². The maximum atomic E-state index is 14.2. The van der Waals surface area contributed by atoms with Crippen molar-refractivity contribution in [3.63, 3.8) is 0 Å². The van der Waals surface area contributed by atoms with Crippen LogP contribution in [0.4, 0.5) is 4.79 Å². The number of aromatic nitrogens is 1. The van der Waals surface area contributed by atoms with E-state index in [1.165, 1.54) is 18.2 Å². The molecule has 4 bridgehead atoms. The number of H-pyrrole nitrogens is 1. The van der Waals surface area contributed by atoms with Gasteiger partial charge in [-0.05, 0) is 92.0 Å². The van der Waals surface area contributed by atoms with E-state index in [9.17, 15) is 19.5 Å². The molecule has 0 unspecified atom stereocenters. The number of hydrogen-bond acceptors (Lipinski definition) is 6. The van der Waals surface area contributed by atoms with Crippen molar-refractivity contribution in [2.75, 3.05) is 12.3 Å². The van der Waals surface area contributed by atoms with Crippen LogP contribution in [0.2, 0.25) is 0 Å². The highest BCUT2D eigenvalue weighted by atomic mass is 32.2. The summed E-state index contributed by atoms with van der Waals surface area (Å²) in [4.78, 5) is 44.9. The number of thioether (sulfide) groups is 1. The van der Waals surface area contributed by atoms with E-state index in [0.717, 1.165) is 59.5 Å². The van der Waals surface area contributed by atoms with Gasteiger partial charge >= 0.3 is 6.09 Å². The minimum absolute atomic E-state index is 0.0885. The maximum Gasteiger partial charge on any atom is 0.408 e. The van der Waals surface area contributed by atoms with Gasteiger partial charge < -0.3 is 30.8 Å². The lowest BCUT2D eigenvalue weighted by Gasteiger charge is -2.53. The van der Waals surface area contributed by atoms with E-state index in [1.807, 2.05) is 66.9 Å². The largest absolute Gasteiger partial charge is 0.507 e. The number of alkyl carbamates (subject to hydrolysis) is 1. The molecule has 1 heterocycles. The summed E-state index contributed by atoms with van der Waals surface area (Å²) >= 11 is 1.24. The van der Waals surface area contributed by atoms with Gasteiger partial charge in [0.15, 0.2) is 0 Å². The van der Waals surface area contributed by atoms with E-state index in [4.69, 9.17) is 4.74 Å². The number of phenolic OH excluding ortho intramolecular Hbond substituents is 1. The first kappa shape index (κ1) is 33.1. The molecule has 4 saturated carbocycles. The van der Waals surface area contributed by atoms with Gasteiger partial charge in [0.25, 0.3) is 0 Å². The average Bonchev–Trinajstić information content (AvgIpc) is 3.50. The molecule has 4 fully saturated rings. The zero-order valence-corrected chi connectivity index (χ0v) is 28.5. The summed E-state index contributed by atoms with van der Waals surface area (Å²) in [5.74, 6) is 1.90. The van der Waals surface area contributed by atoms with Crippen molar-refractivity contribution in [1.29, 1.82) is 0 Å². The Morgan fingerprint density at radius 1 is 0.918 bits per heavy atom. The summed E-state index contributed by atoms with van der Waals surface area (Å²) < 4.78 is 6.18. The summed E-state index contributed by atoms with van der Waals surface area (Å²) in [6, 6.07) is 23.7. The van der Waals surface area contributed by atoms with Gasteiger partial charge in [-0.2, -0.15) is 0 Å². The van der Waals surface area contributed by atoms with Crippen LogP contribution in [0, 0.1) is 23.7 Å². The van der Waals surface area contributed by atoms with Gasteiger partial charge in [0.05, 0.1) is 11.8 Å². The average molecular weight is 681 g/mol. The van der Waals surface area contributed by atoms with Gasteiger partial charge in [0.1, 0.15) is 17.4 Å². The first-order valence-electron chi connectivity index (χ1n) is 17.3. The van der Waals surface area contributed by atoms with Gasteiger partial charge in [-0.15, -0.1) is 11.8 Å². The number of para-hydroxylation sites is 2. The standard InChI is InChI=1S/C39H44N4O5S/c1-39(20-29-21-40-31-12-6-5-11-30(29)31,43-38(47)48-36-27-16-24-15-25(18-27)19-28(36)17-24)37(46)41-22-32(26-9-3-2-4-10-26)42-35(45)23-49-34-14-8-7-13-33(34)44/h2-14,21,24-25,27-28,32,36,40,44H,15-20,22-23H2,1H3,(H,41,46)(H,42,45)(H,43,47)/t24?,25?,27?,28?,32-,36?,39+/m0/s1. The number of fused-ring (bicyclic) bond motifs is 1. The second-order valence-electron chi connectivity index (χ2n) is 14.3. The van der Waals surface area contributed by atoms with Crippen molar-refractivity contribution < 1.29 is 24.2 Å². The van der Waals surface area contributed by atoms with Gasteiger partial charge in [0, 0.05) is 35.0 Å². The topological polar surface area (TPSA) is 133 Å². The van der Waals surface area contributed by atoms with Crippen LogP contribution in [0.25, 0.3) is 10.9 Å². The molecule has 2 atom stereocenters. The normalized spacial score (nSPS) is 24.1. The summed E-state index contributed by atoms with van der Waals surface area (Å²) in [5.41, 5.74) is 1.33. The van der Waals surface area contributed by atoms with Gasteiger partial charge in [0.2, 0.25) is 11.8 Å². The van der Waals surface area contributed by atoms with E-state index < -0.39 is 17.7 Å². The van der Waals surface area contributed by atoms with Crippen molar-refractivity contribution in [2.24, 2.45) is 23.7 Å². The van der Waals surface area contributed by atoms with E-state index >= 15 is 0 Å². The molecule has 8 rings (SSSR count). The van der Waals surface area contributed by atoms with Crippen LogP contribution in [0.5, 0.6) is 5.75 Å². The number of phenols is 1. The fraction of sp³-hybridized carbons (Fsp3) is 0.410. The summed E-state index contributed by atoms with van der Waals surface area (Å²) in [6.45, 7) is 1.84. The Morgan fingerprint density at radius 3 is 2.33 bits per heavy atom. The number of benzene rings is 3. The van der Waals surface area contributed by atoms with Crippen LogP contribution < -0.4 is 16.0 Å². The zero-order valence-electron chi connectivity index (χ0n) is 27.7. The summed E-state index contributed by atoms with van der Waals surface area (Å²) in [6.07, 6.45) is 7.24. The van der Waals surface area contributed by atoms with E-state index in [1.54, 1.807) is 25.1 Å². The SMILES string of the molecule is C[C@](Cc1c[nH]c2ccccc12)(NC(=O)OC1C2CC3CC(C2)CC1C3)C(=O)NC[C@H](NC(=O)CSc1ccccc1O)c1ccccc1. The minimum Gasteiger partial charge on any atom is -0.507 e. The highest BCUT2D eigenvalue weighted by Crippen LogP contribution is 2.54. The lowest BCUT2D eigenvalue weighted by Crippen LogP contribution is -2.60. The predicted octanol–water partition coefficient (Wildman–Crippen LogP) is 6.49. The second kappa shape index (κ2) is 14.2. The number of hydrogen-bond donors (Lipinski definition) is 5. The molecule has 9 nitrogen and oxygen atoms in total. The molecule has 4 aromatic rings. The molecular weight excluding hydrogens is 637 g/mol. The van der Waals surface area contributed by atoms with Crippen LogP contribution in [0.15, 0.2) is 90.0 Å². The molecule has 256 valence electrons. The van der Waals surface area contributed by atoms with Crippen LogP contribution in [0.1, 0.15) is 56.2 Å². The Kier molecular flexibility index (Phi) is 9.58.